The zero-order valence-electron chi connectivity index (χ0n) is 14.0. The summed E-state index contributed by atoms with van der Waals surface area (Å²) >= 11 is 0. The summed E-state index contributed by atoms with van der Waals surface area (Å²) in [5.74, 6) is -1.73. The zero-order chi connectivity index (χ0) is 20.4. The lowest BCUT2D eigenvalue weighted by Gasteiger charge is -2.18. The van der Waals surface area contributed by atoms with Gasteiger partial charge in [0.1, 0.15) is 23.0 Å². The van der Waals surface area contributed by atoms with E-state index < -0.39 is 36.1 Å². The molecule has 4 nitrogen and oxygen atoms in total. The highest BCUT2D eigenvalue weighted by Gasteiger charge is 2.32. The second-order valence-electron chi connectivity index (χ2n) is 5.60. The quantitative estimate of drug-likeness (QED) is 0.664. The van der Waals surface area contributed by atoms with E-state index in [1.54, 1.807) is 13.8 Å². The van der Waals surface area contributed by atoms with Crippen molar-refractivity contribution in [1.82, 2.24) is 0 Å². The third-order valence-corrected chi connectivity index (χ3v) is 3.04. The molecule has 2 aromatic rings. The molecule has 148 valence electrons. The van der Waals surface area contributed by atoms with Crippen molar-refractivity contribution < 1.29 is 45.7 Å². The number of halogens is 6. The molecule has 0 fully saturated rings. The molecule has 0 aromatic heterocycles. The van der Waals surface area contributed by atoms with Gasteiger partial charge in [0.25, 0.3) is 0 Å². The normalized spacial score (nSPS) is 12.2. The number of hydrogen-bond donors (Lipinski definition) is 1. The van der Waals surface area contributed by atoms with E-state index in [4.69, 9.17) is 4.74 Å². The van der Waals surface area contributed by atoms with E-state index in [1.807, 2.05) is 0 Å². The van der Waals surface area contributed by atoms with Crippen LogP contribution in [0.2, 0.25) is 0 Å². The first-order chi connectivity index (χ1) is 12.3. The third kappa shape index (κ3) is 6.15. The molecule has 0 unspecified atom stereocenters. The molecule has 10 heteroatoms. The summed E-state index contributed by atoms with van der Waals surface area (Å²) in [7, 11) is 0. The molecule has 0 heterocycles. The number of alkyl halides is 6. The first-order valence-corrected chi connectivity index (χ1v) is 7.49. The Labute approximate surface area is 149 Å². The second-order valence-corrected chi connectivity index (χ2v) is 5.60. The monoisotopic (exact) mass is 396 g/mol. The van der Waals surface area contributed by atoms with Crippen LogP contribution in [-0.2, 0) is 0 Å². The number of phenols is 1. The fraction of sp³-hybridized carbons (Fsp3) is 0.294. The van der Waals surface area contributed by atoms with E-state index in [1.165, 1.54) is 0 Å². The van der Waals surface area contributed by atoms with Gasteiger partial charge >= 0.3 is 12.7 Å². The van der Waals surface area contributed by atoms with E-state index in [2.05, 4.69) is 9.47 Å². The lowest BCUT2D eigenvalue weighted by atomic mass is 10.0. The molecule has 2 aromatic carbocycles. The minimum atomic E-state index is -4.98. The molecule has 0 aliphatic heterocycles. The Morgan fingerprint density at radius 2 is 1.26 bits per heavy atom. The summed E-state index contributed by atoms with van der Waals surface area (Å²) in [6.45, 7) is 3.29. The average Bonchev–Trinajstić information content (AvgIpc) is 2.47. The number of phenolic OH excluding ortho intramolecular Hbond substituents is 1. The van der Waals surface area contributed by atoms with Gasteiger partial charge in [-0.25, -0.2) is 0 Å². The molecule has 0 amide bonds. The van der Waals surface area contributed by atoms with Crippen molar-refractivity contribution in [1.29, 1.82) is 0 Å². The van der Waals surface area contributed by atoms with Crippen LogP contribution in [0.15, 0.2) is 36.4 Å². The molecule has 0 bridgehead atoms. The lowest BCUT2D eigenvalue weighted by Crippen LogP contribution is -2.17. The van der Waals surface area contributed by atoms with Gasteiger partial charge in [-0.05, 0) is 50.2 Å². The first kappa shape index (κ1) is 20.5. The van der Waals surface area contributed by atoms with E-state index >= 15 is 0 Å². The van der Waals surface area contributed by atoms with Gasteiger partial charge in [-0.3, -0.25) is 0 Å². The average molecular weight is 396 g/mol. The van der Waals surface area contributed by atoms with Crippen molar-refractivity contribution in [2.75, 3.05) is 0 Å². The summed E-state index contributed by atoms with van der Waals surface area (Å²) in [6, 6.07) is 5.67. The van der Waals surface area contributed by atoms with Crippen LogP contribution in [0, 0.1) is 0 Å². The van der Waals surface area contributed by atoms with Crippen molar-refractivity contribution in [2.24, 2.45) is 0 Å². The van der Waals surface area contributed by atoms with Gasteiger partial charge in [-0.1, -0.05) is 0 Å². The van der Waals surface area contributed by atoms with Gasteiger partial charge in [0.05, 0.1) is 6.10 Å². The number of hydrogen-bond acceptors (Lipinski definition) is 4. The Bertz CT molecular complexity index is 799. The number of ether oxygens (including phenoxy) is 3. The van der Waals surface area contributed by atoms with Crippen molar-refractivity contribution in [3.63, 3.8) is 0 Å². The zero-order valence-corrected chi connectivity index (χ0v) is 14.0. The summed E-state index contributed by atoms with van der Waals surface area (Å²) < 4.78 is 87.8. The minimum absolute atomic E-state index is 0.0407. The number of rotatable bonds is 5. The molecule has 2 rings (SSSR count). The maximum atomic E-state index is 12.5. The van der Waals surface area contributed by atoms with Crippen LogP contribution in [0.1, 0.15) is 13.8 Å². The summed E-state index contributed by atoms with van der Waals surface area (Å²) in [4.78, 5) is 0. The van der Waals surface area contributed by atoms with Gasteiger partial charge in [-0.2, -0.15) is 0 Å². The molecular weight excluding hydrogens is 382 g/mol. The smallest absolute Gasteiger partial charge is 0.507 e. The summed E-state index contributed by atoms with van der Waals surface area (Å²) in [6.07, 6.45) is -10.3. The van der Waals surface area contributed by atoms with Crippen LogP contribution in [0.4, 0.5) is 26.3 Å². The third-order valence-electron chi connectivity index (χ3n) is 3.04. The molecule has 0 atom stereocenters. The van der Waals surface area contributed by atoms with Crippen LogP contribution in [0.25, 0.3) is 11.1 Å². The van der Waals surface area contributed by atoms with Crippen molar-refractivity contribution in [3.8, 4) is 34.1 Å². The van der Waals surface area contributed by atoms with Crippen molar-refractivity contribution >= 4 is 0 Å². The van der Waals surface area contributed by atoms with E-state index in [0.29, 0.717) is 0 Å². The highest BCUT2D eigenvalue weighted by molar-refractivity contribution is 5.78. The topological polar surface area (TPSA) is 47.9 Å². The Hall–Kier alpha value is -2.78. The predicted octanol–water partition coefficient (Wildman–Crippen LogP) is 5.64. The second kappa shape index (κ2) is 7.45. The Kier molecular flexibility index (Phi) is 5.67. The molecule has 27 heavy (non-hydrogen) atoms. The Morgan fingerprint density at radius 3 is 1.74 bits per heavy atom. The van der Waals surface area contributed by atoms with Crippen LogP contribution in [0.5, 0.6) is 23.0 Å². The standard InChI is InChI=1S/C17H14F6O4/c1-9(2)25-15-6-4-11(27-17(21,22)23)8-13(15)12-7-10(3-5-14(12)24)26-16(18,19)20/h3-9,24H,1-2H3. The molecule has 0 radical (unpaired) electrons. The van der Waals surface area contributed by atoms with Gasteiger partial charge in [-0.15, -0.1) is 26.3 Å². The molecule has 0 aliphatic rings. The molecule has 0 aliphatic carbocycles. The molecule has 0 saturated heterocycles. The Morgan fingerprint density at radius 1 is 0.778 bits per heavy atom. The van der Waals surface area contributed by atoms with Gasteiger partial charge in [0.15, 0.2) is 0 Å². The summed E-state index contributed by atoms with van der Waals surface area (Å²) in [5.41, 5.74) is -0.324. The number of benzene rings is 2. The van der Waals surface area contributed by atoms with Crippen molar-refractivity contribution in [2.45, 2.75) is 32.7 Å². The van der Waals surface area contributed by atoms with E-state index in [0.717, 1.165) is 36.4 Å². The molecule has 0 spiro atoms. The highest BCUT2D eigenvalue weighted by atomic mass is 19.4. The maximum absolute atomic E-state index is 12.5. The van der Waals surface area contributed by atoms with E-state index in [-0.39, 0.29) is 16.9 Å². The largest absolute Gasteiger partial charge is 0.573 e. The van der Waals surface area contributed by atoms with Crippen LogP contribution >= 0.6 is 0 Å². The summed E-state index contributed by atoms with van der Waals surface area (Å²) in [5, 5.41) is 10.0. The fourth-order valence-corrected chi connectivity index (χ4v) is 2.20. The molecular formula is C17H14F6O4. The van der Waals surface area contributed by atoms with Gasteiger partial charge < -0.3 is 19.3 Å². The SMILES string of the molecule is CC(C)Oc1ccc(OC(F)(F)F)cc1-c1cc(OC(F)(F)F)ccc1O. The molecule has 1 N–H and O–H groups in total. The first-order valence-electron chi connectivity index (χ1n) is 7.49. The minimum Gasteiger partial charge on any atom is -0.507 e. The van der Waals surface area contributed by atoms with Crippen LogP contribution < -0.4 is 14.2 Å². The van der Waals surface area contributed by atoms with Gasteiger partial charge in [0, 0.05) is 11.1 Å². The predicted molar refractivity (Wildman–Crippen MR) is 82.7 cm³/mol. The van der Waals surface area contributed by atoms with Gasteiger partial charge in [0.2, 0.25) is 0 Å². The maximum Gasteiger partial charge on any atom is 0.573 e. The fourth-order valence-electron chi connectivity index (χ4n) is 2.20. The van der Waals surface area contributed by atoms with E-state index in [9.17, 15) is 31.4 Å². The Balaban J connectivity index is 2.56. The van der Waals surface area contributed by atoms with Crippen LogP contribution in [-0.4, -0.2) is 23.9 Å². The van der Waals surface area contributed by atoms with Crippen LogP contribution in [0.3, 0.4) is 0 Å². The molecule has 0 saturated carbocycles. The highest BCUT2D eigenvalue weighted by Crippen LogP contribution is 2.41. The lowest BCUT2D eigenvalue weighted by molar-refractivity contribution is -0.275. The number of aromatic hydroxyl groups is 1. The van der Waals surface area contributed by atoms with Crippen molar-refractivity contribution in [3.05, 3.63) is 36.4 Å².